The van der Waals surface area contributed by atoms with Gasteiger partial charge < -0.3 is 4.90 Å². The van der Waals surface area contributed by atoms with Gasteiger partial charge >= 0.3 is 0 Å². The molecule has 1 aromatic rings. The van der Waals surface area contributed by atoms with Crippen LogP contribution >= 0.6 is 0 Å². The number of aromatic nitrogens is 2. The van der Waals surface area contributed by atoms with Gasteiger partial charge in [0.05, 0.1) is 12.5 Å². The monoisotopic (exact) mass is 465 g/mol. The number of amides is 2. The number of hydroxylamine groups is 2. The zero-order valence-electron chi connectivity index (χ0n) is 19.9. The maximum Gasteiger partial charge on any atom is 0.243 e. The van der Waals surface area contributed by atoms with Crippen LogP contribution in [-0.4, -0.2) is 76.2 Å². The molecule has 1 unspecified atom stereocenters. The van der Waals surface area contributed by atoms with Gasteiger partial charge in [-0.1, -0.05) is 25.7 Å². The van der Waals surface area contributed by atoms with Crippen LogP contribution in [0.25, 0.3) is 0 Å². The van der Waals surface area contributed by atoms with E-state index in [9.17, 15) is 14.8 Å². The summed E-state index contributed by atoms with van der Waals surface area (Å²) in [5, 5.41) is 10.1. The molecule has 3 rings (SSSR count). The molecule has 0 aromatic carbocycles. The van der Waals surface area contributed by atoms with E-state index in [1.807, 2.05) is 18.9 Å². The van der Waals surface area contributed by atoms with Crippen molar-refractivity contribution in [2.45, 2.75) is 65.0 Å². The fraction of sp³-hybridized carbons (Fsp3) is 0.727. The molecular weight excluding hydrogens is 429 g/mol. The van der Waals surface area contributed by atoms with Gasteiger partial charge in [-0.25, -0.2) is 15.0 Å². The minimum Gasteiger partial charge on any atom is -0.348 e. The number of nitrogens with one attached hydrogen (secondary N) is 2. The maximum absolute atomic E-state index is 15.4. The second-order valence-electron chi connectivity index (χ2n) is 9.47. The molecule has 3 atom stereocenters. The third-order valence-electron chi connectivity index (χ3n) is 6.81. The first-order valence-electron chi connectivity index (χ1n) is 11.7. The van der Waals surface area contributed by atoms with Crippen LogP contribution in [0.3, 0.4) is 0 Å². The van der Waals surface area contributed by atoms with Crippen molar-refractivity contribution in [2.24, 2.45) is 11.8 Å². The molecule has 0 bridgehead atoms. The van der Waals surface area contributed by atoms with Crippen molar-refractivity contribution in [3.63, 3.8) is 0 Å². The Kier molecular flexibility index (Phi) is 8.41. The Morgan fingerprint density at radius 3 is 2.64 bits per heavy atom. The number of hydrogen-bond acceptors (Lipinski definition) is 8. The SMILES string of the molecule is Cc1nc(NNC(=O)[C@H](CC2CCCC2)CN(O)C=O)c(F)c(N2C[C@@H](C)N(C)CC2C)n1. The normalized spacial score (nSPS) is 22.8. The average Bonchev–Trinajstić information content (AvgIpc) is 3.29. The number of likely N-dealkylation sites (N-methyl/N-ethyl adjacent to an activating group) is 1. The average molecular weight is 466 g/mol. The molecule has 10 nitrogen and oxygen atoms in total. The van der Waals surface area contributed by atoms with Gasteiger partial charge in [0.2, 0.25) is 18.1 Å². The van der Waals surface area contributed by atoms with E-state index in [-0.39, 0.29) is 36.7 Å². The number of carbonyl (C=O) groups excluding carboxylic acids is 2. The van der Waals surface area contributed by atoms with E-state index in [4.69, 9.17) is 0 Å². The largest absolute Gasteiger partial charge is 0.348 e. The van der Waals surface area contributed by atoms with Gasteiger partial charge in [-0.15, -0.1) is 0 Å². The molecule has 0 radical (unpaired) electrons. The number of nitrogens with zero attached hydrogens (tertiary/aromatic N) is 5. The third-order valence-corrected chi connectivity index (χ3v) is 6.81. The summed E-state index contributed by atoms with van der Waals surface area (Å²) in [5.41, 5.74) is 5.14. The molecule has 11 heteroatoms. The van der Waals surface area contributed by atoms with Crippen LogP contribution in [0.15, 0.2) is 0 Å². The van der Waals surface area contributed by atoms with E-state index in [1.54, 1.807) is 6.92 Å². The molecule has 1 aromatic heterocycles. The number of hydrazine groups is 1. The van der Waals surface area contributed by atoms with Gasteiger partial charge in [0.15, 0.2) is 11.6 Å². The van der Waals surface area contributed by atoms with Crippen molar-refractivity contribution in [3.8, 4) is 0 Å². The van der Waals surface area contributed by atoms with E-state index in [1.165, 1.54) is 0 Å². The fourth-order valence-corrected chi connectivity index (χ4v) is 4.82. The van der Waals surface area contributed by atoms with Crippen molar-refractivity contribution >= 4 is 24.0 Å². The highest BCUT2D eigenvalue weighted by molar-refractivity contribution is 5.80. The van der Waals surface area contributed by atoms with Crippen molar-refractivity contribution in [1.29, 1.82) is 0 Å². The van der Waals surface area contributed by atoms with Crippen LogP contribution < -0.4 is 15.8 Å². The number of anilines is 2. The van der Waals surface area contributed by atoms with E-state index in [0.29, 0.717) is 29.8 Å². The topological polar surface area (TPSA) is 114 Å². The lowest BCUT2D eigenvalue weighted by Gasteiger charge is -2.43. The Balaban J connectivity index is 1.72. The summed E-state index contributed by atoms with van der Waals surface area (Å²) >= 11 is 0. The molecule has 2 heterocycles. The molecule has 1 saturated heterocycles. The Morgan fingerprint density at radius 2 is 1.97 bits per heavy atom. The lowest BCUT2D eigenvalue weighted by Crippen LogP contribution is -2.55. The third kappa shape index (κ3) is 6.29. The summed E-state index contributed by atoms with van der Waals surface area (Å²) in [6.07, 6.45) is 5.10. The molecule has 2 amide bonds. The lowest BCUT2D eigenvalue weighted by molar-refractivity contribution is -0.154. The standard InChI is InChI=1S/C22H36FN7O3/c1-14-11-30(15(2)10-28(14)4)21-19(23)20(24-16(3)25-21)26-27-22(32)18(12-29(33)13-31)9-17-7-5-6-8-17/h13-15,17-18,33H,5-12H2,1-4H3,(H,27,32)(H,24,25,26)/t14-,15?,18-/m1/s1. The van der Waals surface area contributed by atoms with Crippen LogP contribution in [0.2, 0.25) is 0 Å². The maximum atomic E-state index is 15.4. The summed E-state index contributed by atoms with van der Waals surface area (Å²) in [6, 6.07) is 0.301. The van der Waals surface area contributed by atoms with Crippen LogP contribution in [0, 0.1) is 24.6 Å². The minimum absolute atomic E-state index is 0.0621. The molecule has 1 saturated carbocycles. The predicted octanol–water partition coefficient (Wildman–Crippen LogP) is 1.94. The first-order chi connectivity index (χ1) is 15.7. The Bertz CT molecular complexity index is 836. The highest BCUT2D eigenvalue weighted by Crippen LogP contribution is 2.31. The molecule has 33 heavy (non-hydrogen) atoms. The smallest absolute Gasteiger partial charge is 0.243 e. The molecule has 2 fully saturated rings. The second-order valence-corrected chi connectivity index (χ2v) is 9.47. The van der Waals surface area contributed by atoms with Gasteiger partial charge in [0.25, 0.3) is 0 Å². The number of hydrogen-bond donors (Lipinski definition) is 3. The lowest BCUT2D eigenvalue weighted by atomic mass is 9.92. The molecular formula is C22H36FN7O3. The number of carbonyl (C=O) groups is 2. The first-order valence-corrected chi connectivity index (χ1v) is 11.7. The summed E-state index contributed by atoms with van der Waals surface area (Å²) in [7, 11) is 2.04. The molecule has 1 aliphatic heterocycles. The molecule has 3 N–H and O–H groups in total. The number of rotatable bonds is 9. The van der Waals surface area contributed by atoms with Gasteiger partial charge in [0.1, 0.15) is 5.82 Å². The number of aryl methyl sites for hydroxylation is 1. The summed E-state index contributed by atoms with van der Waals surface area (Å²) in [5.74, 6) is -0.842. The van der Waals surface area contributed by atoms with Gasteiger partial charge in [-0.2, -0.15) is 4.39 Å². The highest BCUT2D eigenvalue weighted by atomic mass is 19.1. The van der Waals surface area contributed by atoms with Gasteiger partial charge in [-0.05, 0) is 40.2 Å². The zero-order valence-corrected chi connectivity index (χ0v) is 19.9. The predicted molar refractivity (Wildman–Crippen MR) is 122 cm³/mol. The van der Waals surface area contributed by atoms with E-state index < -0.39 is 17.6 Å². The zero-order chi connectivity index (χ0) is 24.1. The van der Waals surface area contributed by atoms with E-state index in [2.05, 4.69) is 32.6 Å². The minimum atomic E-state index is -0.631. The van der Waals surface area contributed by atoms with E-state index in [0.717, 1.165) is 32.2 Å². The van der Waals surface area contributed by atoms with Crippen LogP contribution in [0.5, 0.6) is 0 Å². The molecule has 2 aliphatic rings. The summed E-state index contributed by atoms with van der Waals surface area (Å²) in [6.45, 7) is 7.06. The first kappa shape index (κ1) is 25.1. The van der Waals surface area contributed by atoms with Crippen LogP contribution in [0.1, 0.15) is 51.8 Å². The Hall–Kier alpha value is -2.53. The van der Waals surface area contributed by atoms with Crippen molar-refractivity contribution in [1.82, 2.24) is 25.4 Å². The van der Waals surface area contributed by atoms with Crippen molar-refractivity contribution in [2.75, 3.05) is 37.0 Å². The summed E-state index contributed by atoms with van der Waals surface area (Å²) in [4.78, 5) is 36.4. The Morgan fingerprint density at radius 1 is 1.27 bits per heavy atom. The molecule has 0 spiro atoms. The highest BCUT2D eigenvalue weighted by Gasteiger charge is 2.31. The van der Waals surface area contributed by atoms with Crippen LogP contribution in [0.4, 0.5) is 16.0 Å². The number of halogens is 1. The number of piperazine rings is 1. The van der Waals surface area contributed by atoms with Crippen molar-refractivity contribution in [3.05, 3.63) is 11.6 Å². The quantitative estimate of drug-likeness (QED) is 0.288. The molecule has 1 aliphatic carbocycles. The fourth-order valence-electron chi connectivity index (χ4n) is 4.82. The van der Waals surface area contributed by atoms with Crippen LogP contribution in [-0.2, 0) is 9.59 Å². The van der Waals surface area contributed by atoms with Crippen molar-refractivity contribution < 1.29 is 19.2 Å². The van der Waals surface area contributed by atoms with E-state index >= 15 is 4.39 Å². The Labute approximate surface area is 194 Å². The molecule has 184 valence electrons. The second kappa shape index (κ2) is 11.1. The van der Waals surface area contributed by atoms with Gasteiger partial charge in [0, 0.05) is 25.2 Å². The summed E-state index contributed by atoms with van der Waals surface area (Å²) < 4.78 is 15.4. The van der Waals surface area contributed by atoms with Gasteiger partial charge in [-0.3, -0.25) is 30.5 Å².